The van der Waals surface area contributed by atoms with Gasteiger partial charge in [0.1, 0.15) is 11.4 Å². The van der Waals surface area contributed by atoms with Crippen LogP contribution < -0.4 is 9.47 Å². The quantitative estimate of drug-likeness (QED) is 0.763. The van der Waals surface area contributed by atoms with E-state index in [-0.39, 0.29) is 17.8 Å². The summed E-state index contributed by atoms with van der Waals surface area (Å²) in [6.45, 7) is 1.91. The minimum atomic E-state index is -2.36. The van der Waals surface area contributed by atoms with Crippen molar-refractivity contribution in [1.29, 1.82) is 0 Å². The van der Waals surface area contributed by atoms with E-state index < -0.39 is 12.3 Å². The van der Waals surface area contributed by atoms with Crippen LogP contribution in [0.4, 0.5) is 8.78 Å². The van der Waals surface area contributed by atoms with Gasteiger partial charge in [-0.05, 0) is 29.9 Å². The number of ether oxygens (including phenoxy) is 2. The van der Waals surface area contributed by atoms with Gasteiger partial charge >= 0.3 is 6.01 Å². The molecule has 1 aliphatic carbocycles. The van der Waals surface area contributed by atoms with Crippen LogP contribution in [0.2, 0.25) is 0 Å². The van der Waals surface area contributed by atoms with E-state index in [2.05, 4.69) is 32.0 Å². The second-order valence-corrected chi connectivity index (χ2v) is 5.81. The van der Waals surface area contributed by atoms with E-state index in [1.807, 2.05) is 6.92 Å². The van der Waals surface area contributed by atoms with E-state index in [9.17, 15) is 8.78 Å². The first kappa shape index (κ1) is 18.0. The third kappa shape index (κ3) is 3.57. The number of alkyl halides is 2. The summed E-state index contributed by atoms with van der Waals surface area (Å²) in [5, 5.41) is 8.32. The average molecular weight is 360 g/mol. The third-order valence-electron chi connectivity index (χ3n) is 4.15. The van der Waals surface area contributed by atoms with E-state index in [1.54, 1.807) is 6.07 Å². The van der Waals surface area contributed by atoms with Crippen molar-refractivity contribution in [2.45, 2.75) is 32.1 Å². The first-order valence-corrected chi connectivity index (χ1v) is 8.19. The Hall–Kier alpha value is -2.82. The highest BCUT2D eigenvalue weighted by atomic mass is 19.3. The van der Waals surface area contributed by atoms with Crippen LogP contribution in [0.5, 0.6) is 11.9 Å². The number of hydrogen-bond donors (Lipinski definition) is 0. The second-order valence-electron chi connectivity index (χ2n) is 5.81. The summed E-state index contributed by atoms with van der Waals surface area (Å²) in [4.78, 5) is 8.18. The van der Waals surface area contributed by atoms with Crippen molar-refractivity contribution in [2.24, 2.45) is 5.92 Å². The Labute approximate surface area is 150 Å². The van der Waals surface area contributed by atoms with E-state index >= 15 is 0 Å². The molecule has 3 rings (SSSR count). The molecule has 0 radical (unpaired) electrons. The number of hydrogen-bond acceptors (Lipinski definition) is 6. The molecular formula is C18H18F2N4O2. The summed E-state index contributed by atoms with van der Waals surface area (Å²) >= 11 is 0. The molecule has 0 amide bonds. The zero-order valence-electron chi connectivity index (χ0n) is 14.7. The summed E-state index contributed by atoms with van der Waals surface area (Å²) in [5.74, 6) is 5.18. The van der Waals surface area contributed by atoms with Crippen LogP contribution in [-0.4, -0.2) is 40.8 Å². The van der Waals surface area contributed by atoms with Crippen LogP contribution >= 0.6 is 0 Å². The fraction of sp³-hybridized carbons (Fsp3) is 0.444. The Morgan fingerprint density at radius 2 is 2.08 bits per heavy atom. The van der Waals surface area contributed by atoms with Crippen molar-refractivity contribution in [2.75, 3.05) is 14.2 Å². The smallest absolute Gasteiger partial charge is 0.319 e. The van der Waals surface area contributed by atoms with Gasteiger partial charge in [-0.2, -0.15) is 4.98 Å². The molecule has 136 valence electrons. The van der Waals surface area contributed by atoms with E-state index in [1.165, 1.54) is 20.4 Å². The first-order chi connectivity index (χ1) is 12.6. The number of rotatable bonds is 5. The summed E-state index contributed by atoms with van der Waals surface area (Å²) < 4.78 is 36.3. The molecule has 1 fully saturated rings. The Morgan fingerprint density at radius 3 is 2.69 bits per heavy atom. The van der Waals surface area contributed by atoms with Crippen molar-refractivity contribution in [3.8, 4) is 35.0 Å². The predicted molar refractivity (Wildman–Crippen MR) is 90.2 cm³/mol. The molecule has 26 heavy (non-hydrogen) atoms. The van der Waals surface area contributed by atoms with Crippen LogP contribution in [0.25, 0.3) is 11.3 Å². The van der Waals surface area contributed by atoms with Crippen LogP contribution in [0.3, 0.4) is 0 Å². The van der Waals surface area contributed by atoms with Gasteiger partial charge in [0.15, 0.2) is 0 Å². The van der Waals surface area contributed by atoms with Crippen molar-refractivity contribution in [1.82, 2.24) is 20.2 Å². The molecule has 0 aromatic carbocycles. The molecule has 8 heteroatoms. The number of methoxy groups -OCH3 is 2. The van der Waals surface area contributed by atoms with Crippen molar-refractivity contribution in [3.63, 3.8) is 0 Å². The standard InChI is InChI=1S/C18H18F2N4O2/c1-4-5-6-14-11(10-7-12(10)16(19)20)8-15(24-23-14)13-9-21-18(26-3)22-17(13)25-2/h8-10,12,16H,4,7H2,1-3H3/t10?,12-/m0/s1. The zero-order chi connectivity index (χ0) is 18.7. The molecule has 0 aliphatic heterocycles. The molecule has 1 saturated carbocycles. The molecule has 1 aliphatic rings. The highest BCUT2D eigenvalue weighted by Crippen LogP contribution is 2.52. The summed E-state index contributed by atoms with van der Waals surface area (Å²) in [7, 11) is 2.92. The number of nitrogens with zero attached hydrogens (tertiary/aromatic N) is 4. The molecule has 0 bridgehead atoms. The maximum atomic E-state index is 13.0. The summed E-state index contributed by atoms with van der Waals surface area (Å²) in [6.07, 6.45) is 0.210. The molecule has 0 spiro atoms. The lowest BCUT2D eigenvalue weighted by Gasteiger charge is -2.10. The molecule has 2 heterocycles. The summed E-state index contributed by atoms with van der Waals surface area (Å²) in [5.41, 5.74) is 2.07. The van der Waals surface area contributed by atoms with Crippen LogP contribution in [0.15, 0.2) is 12.3 Å². The lowest BCUT2D eigenvalue weighted by Crippen LogP contribution is -2.03. The zero-order valence-corrected chi connectivity index (χ0v) is 14.7. The minimum Gasteiger partial charge on any atom is -0.480 e. The topological polar surface area (TPSA) is 70.0 Å². The fourth-order valence-corrected chi connectivity index (χ4v) is 2.72. The Balaban J connectivity index is 2.04. The van der Waals surface area contributed by atoms with Gasteiger partial charge in [-0.3, -0.25) is 0 Å². The molecule has 2 atom stereocenters. The summed E-state index contributed by atoms with van der Waals surface area (Å²) in [6, 6.07) is 1.89. The van der Waals surface area contributed by atoms with Gasteiger partial charge in [0.2, 0.25) is 12.3 Å². The van der Waals surface area contributed by atoms with Gasteiger partial charge < -0.3 is 9.47 Å². The normalized spacial score (nSPS) is 18.2. The largest absolute Gasteiger partial charge is 0.480 e. The molecule has 1 unspecified atom stereocenters. The van der Waals surface area contributed by atoms with Gasteiger partial charge in [-0.1, -0.05) is 12.8 Å². The maximum Gasteiger partial charge on any atom is 0.319 e. The SMILES string of the molecule is CCC#Cc1nnc(-c2cnc(OC)nc2OC)cc1C1C[C@@H]1C(F)F. The highest BCUT2D eigenvalue weighted by Gasteiger charge is 2.46. The molecule has 2 aromatic rings. The van der Waals surface area contributed by atoms with Gasteiger partial charge in [0.05, 0.1) is 19.8 Å². The lowest BCUT2D eigenvalue weighted by molar-refractivity contribution is 0.120. The van der Waals surface area contributed by atoms with E-state index in [4.69, 9.17) is 9.47 Å². The molecule has 6 nitrogen and oxygen atoms in total. The monoisotopic (exact) mass is 360 g/mol. The molecule has 0 saturated heterocycles. The van der Waals surface area contributed by atoms with Gasteiger partial charge in [0, 0.05) is 18.5 Å². The predicted octanol–water partition coefficient (Wildman–Crippen LogP) is 3.08. The van der Waals surface area contributed by atoms with E-state index in [0.29, 0.717) is 35.4 Å². The van der Waals surface area contributed by atoms with Gasteiger partial charge in [-0.25, -0.2) is 13.8 Å². The average Bonchev–Trinajstić information content (AvgIpc) is 3.46. The fourth-order valence-electron chi connectivity index (χ4n) is 2.72. The first-order valence-electron chi connectivity index (χ1n) is 8.19. The van der Waals surface area contributed by atoms with Crippen LogP contribution in [0, 0.1) is 17.8 Å². The van der Waals surface area contributed by atoms with Crippen molar-refractivity contribution >= 4 is 0 Å². The second kappa shape index (κ2) is 7.60. The van der Waals surface area contributed by atoms with Crippen molar-refractivity contribution < 1.29 is 18.3 Å². The molecule has 0 N–H and O–H groups in total. The molecule has 2 aromatic heterocycles. The number of aromatic nitrogens is 4. The Kier molecular flexibility index (Phi) is 5.26. The van der Waals surface area contributed by atoms with Crippen LogP contribution in [-0.2, 0) is 0 Å². The molecular weight excluding hydrogens is 342 g/mol. The van der Waals surface area contributed by atoms with Gasteiger partial charge in [0.25, 0.3) is 0 Å². The van der Waals surface area contributed by atoms with Crippen molar-refractivity contribution in [3.05, 3.63) is 23.5 Å². The Bertz CT molecular complexity index is 864. The maximum absolute atomic E-state index is 13.0. The Morgan fingerprint density at radius 1 is 1.27 bits per heavy atom. The van der Waals surface area contributed by atoms with E-state index in [0.717, 1.165) is 0 Å². The highest BCUT2D eigenvalue weighted by molar-refractivity contribution is 5.65. The lowest BCUT2D eigenvalue weighted by atomic mass is 10.0. The van der Waals surface area contributed by atoms with Gasteiger partial charge in [-0.15, -0.1) is 10.2 Å². The number of halogens is 2. The van der Waals surface area contributed by atoms with Crippen LogP contribution in [0.1, 0.15) is 36.9 Å². The third-order valence-corrected chi connectivity index (χ3v) is 4.15. The minimum absolute atomic E-state index is 0.157.